The highest BCUT2D eigenvalue weighted by Gasteiger charge is 2.12. The molecule has 0 amide bonds. The second kappa shape index (κ2) is 6.35. The second-order valence-corrected chi connectivity index (χ2v) is 5.75. The van der Waals surface area contributed by atoms with Crippen LogP contribution in [0.1, 0.15) is 18.4 Å². The predicted molar refractivity (Wildman–Crippen MR) is 86.6 cm³/mol. The lowest BCUT2D eigenvalue weighted by Gasteiger charge is -2.18. The van der Waals surface area contributed by atoms with Gasteiger partial charge in [-0.3, -0.25) is 0 Å². The Morgan fingerprint density at radius 2 is 1.90 bits per heavy atom. The molecule has 1 heterocycles. The van der Waals surface area contributed by atoms with Gasteiger partial charge in [0.1, 0.15) is 5.82 Å². The van der Waals surface area contributed by atoms with Crippen molar-refractivity contribution in [1.29, 1.82) is 0 Å². The highest BCUT2D eigenvalue weighted by atomic mass is 35.5. The van der Waals surface area contributed by atoms with Crippen LogP contribution >= 0.6 is 11.6 Å². The van der Waals surface area contributed by atoms with Crippen LogP contribution in [0.5, 0.6) is 0 Å². The van der Waals surface area contributed by atoms with E-state index in [0.717, 1.165) is 24.3 Å². The van der Waals surface area contributed by atoms with Crippen LogP contribution in [0.4, 0.5) is 15.8 Å². The van der Waals surface area contributed by atoms with Crippen molar-refractivity contribution in [3.8, 4) is 0 Å². The summed E-state index contributed by atoms with van der Waals surface area (Å²) in [6, 6.07) is 13.2. The molecule has 110 valence electrons. The summed E-state index contributed by atoms with van der Waals surface area (Å²) in [7, 11) is 0. The summed E-state index contributed by atoms with van der Waals surface area (Å²) >= 11 is 5.80. The summed E-state index contributed by atoms with van der Waals surface area (Å²) in [5.74, 6) is -0.378. The van der Waals surface area contributed by atoms with E-state index in [9.17, 15) is 4.39 Å². The van der Waals surface area contributed by atoms with Gasteiger partial charge in [0.25, 0.3) is 0 Å². The fourth-order valence-electron chi connectivity index (χ4n) is 2.64. The van der Waals surface area contributed by atoms with Crippen LogP contribution in [0.25, 0.3) is 0 Å². The number of hydrogen-bond acceptors (Lipinski definition) is 2. The fraction of sp³-hybridized carbons (Fsp3) is 0.294. The summed E-state index contributed by atoms with van der Waals surface area (Å²) in [5, 5.41) is 3.53. The number of nitrogens with zero attached hydrogens (tertiary/aromatic N) is 1. The van der Waals surface area contributed by atoms with Crippen LogP contribution in [-0.4, -0.2) is 13.1 Å². The summed E-state index contributed by atoms with van der Waals surface area (Å²) in [4.78, 5) is 2.40. The maximum Gasteiger partial charge on any atom is 0.141 e. The monoisotopic (exact) mass is 304 g/mol. The van der Waals surface area contributed by atoms with Gasteiger partial charge in [0, 0.05) is 31.0 Å². The molecule has 2 aromatic carbocycles. The number of nitrogens with one attached hydrogen (secondary N) is 1. The maximum atomic E-state index is 13.1. The Balaban J connectivity index is 1.67. The Hall–Kier alpha value is -1.74. The highest BCUT2D eigenvalue weighted by Crippen LogP contribution is 2.24. The number of anilines is 2. The molecular formula is C17H18ClFN2. The second-order valence-electron chi connectivity index (χ2n) is 5.35. The van der Waals surface area contributed by atoms with E-state index in [1.165, 1.54) is 24.6 Å². The van der Waals surface area contributed by atoms with E-state index in [4.69, 9.17) is 11.6 Å². The third-order valence-electron chi connectivity index (χ3n) is 3.80. The molecule has 0 saturated carbocycles. The van der Waals surface area contributed by atoms with Crippen molar-refractivity contribution in [3.63, 3.8) is 0 Å². The predicted octanol–water partition coefficient (Wildman–Crippen LogP) is 4.69. The van der Waals surface area contributed by atoms with Gasteiger partial charge in [0.05, 0.1) is 5.02 Å². The van der Waals surface area contributed by atoms with Crippen molar-refractivity contribution in [2.24, 2.45) is 0 Å². The van der Waals surface area contributed by atoms with Crippen molar-refractivity contribution in [1.82, 2.24) is 0 Å². The van der Waals surface area contributed by atoms with Crippen molar-refractivity contribution in [3.05, 3.63) is 58.9 Å². The molecule has 2 nitrogen and oxygen atoms in total. The minimum Gasteiger partial charge on any atom is -0.381 e. The first-order valence-corrected chi connectivity index (χ1v) is 7.63. The van der Waals surface area contributed by atoms with Crippen molar-refractivity contribution < 1.29 is 4.39 Å². The molecule has 4 heteroatoms. The van der Waals surface area contributed by atoms with Crippen molar-refractivity contribution >= 4 is 23.0 Å². The van der Waals surface area contributed by atoms with Gasteiger partial charge in [-0.15, -0.1) is 0 Å². The van der Waals surface area contributed by atoms with E-state index in [2.05, 4.69) is 28.4 Å². The Labute approximate surface area is 129 Å². The Bertz CT molecular complexity index is 624. The van der Waals surface area contributed by atoms with Crippen molar-refractivity contribution in [2.45, 2.75) is 19.4 Å². The summed E-state index contributed by atoms with van der Waals surface area (Å²) < 4.78 is 13.1. The van der Waals surface area contributed by atoms with Gasteiger partial charge in [0.2, 0.25) is 0 Å². The van der Waals surface area contributed by atoms with E-state index in [1.54, 1.807) is 12.1 Å². The molecule has 0 aromatic heterocycles. The highest BCUT2D eigenvalue weighted by molar-refractivity contribution is 6.30. The topological polar surface area (TPSA) is 15.3 Å². The van der Waals surface area contributed by atoms with E-state index in [1.807, 2.05) is 6.07 Å². The number of rotatable bonds is 4. The molecule has 0 atom stereocenters. The van der Waals surface area contributed by atoms with E-state index in [-0.39, 0.29) is 10.8 Å². The van der Waals surface area contributed by atoms with Crippen LogP contribution in [0.3, 0.4) is 0 Å². The average Bonchev–Trinajstić information content (AvgIpc) is 3.03. The molecule has 0 radical (unpaired) electrons. The number of hydrogen-bond donors (Lipinski definition) is 1. The lowest BCUT2D eigenvalue weighted by molar-refractivity contribution is 0.627. The Kier molecular flexibility index (Phi) is 4.30. The summed E-state index contributed by atoms with van der Waals surface area (Å²) in [6.07, 6.45) is 2.54. The van der Waals surface area contributed by atoms with Crippen molar-refractivity contribution in [2.75, 3.05) is 23.3 Å². The van der Waals surface area contributed by atoms with E-state index in [0.29, 0.717) is 6.54 Å². The fourth-order valence-corrected chi connectivity index (χ4v) is 2.84. The standard InChI is InChI=1S/C17H18ClFN2/c18-16-10-13(6-7-17(16)19)12-20-14-4-3-5-15(11-14)21-8-1-2-9-21/h3-7,10-11,20H,1-2,8-9,12H2. The molecule has 1 saturated heterocycles. The van der Waals surface area contributed by atoms with Gasteiger partial charge in [-0.1, -0.05) is 23.7 Å². The molecule has 1 N–H and O–H groups in total. The Morgan fingerprint density at radius 3 is 2.67 bits per heavy atom. The molecule has 0 bridgehead atoms. The third-order valence-corrected chi connectivity index (χ3v) is 4.09. The molecule has 3 rings (SSSR count). The van der Waals surface area contributed by atoms with Gasteiger partial charge in [-0.25, -0.2) is 4.39 Å². The molecule has 21 heavy (non-hydrogen) atoms. The lowest BCUT2D eigenvalue weighted by Crippen LogP contribution is -2.17. The first-order valence-electron chi connectivity index (χ1n) is 7.25. The van der Waals surface area contributed by atoms with Gasteiger partial charge in [-0.05, 0) is 48.7 Å². The van der Waals surface area contributed by atoms with E-state index >= 15 is 0 Å². The largest absolute Gasteiger partial charge is 0.381 e. The summed E-state index contributed by atoms with van der Waals surface area (Å²) in [5.41, 5.74) is 3.29. The normalized spacial score (nSPS) is 14.5. The smallest absolute Gasteiger partial charge is 0.141 e. The average molecular weight is 305 g/mol. The molecule has 2 aromatic rings. The molecule has 0 unspecified atom stereocenters. The van der Waals surface area contributed by atoms with Gasteiger partial charge in [-0.2, -0.15) is 0 Å². The minimum absolute atomic E-state index is 0.167. The molecule has 0 spiro atoms. The van der Waals surface area contributed by atoms with Crippen LogP contribution in [-0.2, 0) is 6.54 Å². The van der Waals surface area contributed by atoms with Gasteiger partial charge in [0.15, 0.2) is 0 Å². The molecule has 1 aliphatic rings. The first-order chi connectivity index (χ1) is 10.2. The zero-order valence-electron chi connectivity index (χ0n) is 11.8. The van der Waals surface area contributed by atoms with Crippen LogP contribution < -0.4 is 10.2 Å². The van der Waals surface area contributed by atoms with E-state index < -0.39 is 0 Å². The third kappa shape index (κ3) is 3.48. The van der Waals surface area contributed by atoms with Gasteiger partial charge >= 0.3 is 0 Å². The van der Waals surface area contributed by atoms with Crippen LogP contribution in [0.2, 0.25) is 5.02 Å². The van der Waals surface area contributed by atoms with Crippen LogP contribution in [0.15, 0.2) is 42.5 Å². The molecule has 1 fully saturated rings. The summed E-state index contributed by atoms with van der Waals surface area (Å²) in [6.45, 7) is 2.90. The quantitative estimate of drug-likeness (QED) is 0.881. The SMILES string of the molecule is Fc1ccc(CNc2cccc(N3CCCC3)c2)cc1Cl. The zero-order chi connectivity index (χ0) is 14.7. The number of benzene rings is 2. The Morgan fingerprint density at radius 1 is 1.10 bits per heavy atom. The zero-order valence-corrected chi connectivity index (χ0v) is 12.5. The molecular weight excluding hydrogens is 287 g/mol. The molecule has 1 aliphatic heterocycles. The van der Waals surface area contributed by atoms with Crippen LogP contribution in [0, 0.1) is 5.82 Å². The first kappa shape index (κ1) is 14.2. The lowest BCUT2D eigenvalue weighted by atomic mass is 10.2. The maximum absolute atomic E-state index is 13.1. The molecule has 0 aliphatic carbocycles. The van der Waals surface area contributed by atoms with Gasteiger partial charge < -0.3 is 10.2 Å². The minimum atomic E-state index is -0.378. The number of halogens is 2.